The Bertz CT molecular complexity index is 559. The van der Waals surface area contributed by atoms with Crippen LogP contribution >= 0.6 is 11.6 Å². The molecule has 0 amide bonds. The van der Waals surface area contributed by atoms with E-state index in [1.54, 1.807) is 0 Å². The van der Waals surface area contributed by atoms with Gasteiger partial charge in [-0.1, -0.05) is 36.2 Å². The molecule has 1 N–H and O–H groups in total. The van der Waals surface area contributed by atoms with Crippen LogP contribution in [-0.2, 0) is 9.84 Å². The Morgan fingerprint density at radius 2 is 2.00 bits per heavy atom. The van der Waals surface area contributed by atoms with Gasteiger partial charge in [-0.05, 0) is 37.8 Å². The van der Waals surface area contributed by atoms with Gasteiger partial charge < -0.3 is 5.32 Å². The zero-order chi connectivity index (χ0) is 14.8. The van der Waals surface area contributed by atoms with Crippen LogP contribution in [0, 0.1) is 0 Å². The van der Waals surface area contributed by atoms with Crippen LogP contribution in [0.4, 0.5) is 0 Å². The van der Waals surface area contributed by atoms with Crippen molar-refractivity contribution in [2.45, 2.75) is 49.9 Å². The molecule has 0 aliphatic heterocycles. The molecule has 5 heteroatoms. The highest BCUT2D eigenvalue weighted by Gasteiger charge is 2.29. The Labute approximate surface area is 126 Å². The van der Waals surface area contributed by atoms with Crippen molar-refractivity contribution in [2.75, 3.05) is 6.26 Å². The SMILES string of the molecule is C[C@H](NC1CCCC(S(C)(=O)=O)C1)c1ccccc1Cl. The van der Waals surface area contributed by atoms with Gasteiger partial charge >= 0.3 is 0 Å². The third kappa shape index (κ3) is 3.96. The van der Waals surface area contributed by atoms with Gasteiger partial charge in [-0.25, -0.2) is 8.42 Å². The van der Waals surface area contributed by atoms with Gasteiger partial charge in [0.05, 0.1) is 5.25 Å². The van der Waals surface area contributed by atoms with E-state index in [1.807, 2.05) is 24.3 Å². The van der Waals surface area contributed by atoms with Gasteiger partial charge in [-0.2, -0.15) is 0 Å². The lowest BCUT2D eigenvalue weighted by molar-refractivity contribution is 0.346. The molecule has 0 aromatic heterocycles. The summed E-state index contributed by atoms with van der Waals surface area (Å²) in [5.41, 5.74) is 1.07. The minimum absolute atomic E-state index is 0.131. The highest BCUT2D eigenvalue weighted by atomic mass is 35.5. The van der Waals surface area contributed by atoms with Gasteiger partial charge in [0, 0.05) is 23.4 Å². The molecule has 1 aliphatic carbocycles. The van der Waals surface area contributed by atoms with Crippen LogP contribution in [0.5, 0.6) is 0 Å². The van der Waals surface area contributed by atoms with Crippen molar-refractivity contribution >= 4 is 21.4 Å². The van der Waals surface area contributed by atoms with E-state index >= 15 is 0 Å². The molecule has 0 spiro atoms. The van der Waals surface area contributed by atoms with Crippen LogP contribution in [0.2, 0.25) is 5.02 Å². The van der Waals surface area contributed by atoms with Gasteiger partial charge in [-0.3, -0.25) is 0 Å². The van der Waals surface area contributed by atoms with Crippen LogP contribution in [0.3, 0.4) is 0 Å². The van der Waals surface area contributed by atoms with E-state index < -0.39 is 9.84 Å². The van der Waals surface area contributed by atoms with Gasteiger partial charge in [-0.15, -0.1) is 0 Å². The van der Waals surface area contributed by atoms with E-state index in [1.165, 1.54) is 6.26 Å². The number of hydrogen-bond acceptors (Lipinski definition) is 3. The number of sulfone groups is 1. The number of hydrogen-bond donors (Lipinski definition) is 1. The Hall–Kier alpha value is -0.580. The van der Waals surface area contributed by atoms with Gasteiger partial charge in [0.15, 0.2) is 0 Å². The minimum atomic E-state index is -2.93. The summed E-state index contributed by atoms with van der Waals surface area (Å²) >= 11 is 6.20. The molecular formula is C15H22ClNO2S. The lowest BCUT2D eigenvalue weighted by Crippen LogP contribution is -2.39. The minimum Gasteiger partial charge on any atom is -0.307 e. The zero-order valence-corrected chi connectivity index (χ0v) is 13.5. The molecule has 2 rings (SSSR count). The fraction of sp³-hybridized carbons (Fsp3) is 0.600. The first-order valence-corrected chi connectivity index (χ1v) is 9.40. The maximum absolute atomic E-state index is 11.7. The van der Waals surface area contributed by atoms with Crippen LogP contribution in [0.1, 0.15) is 44.2 Å². The first-order valence-electron chi connectivity index (χ1n) is 7.07. The lowest BCUT2D eigenvalue weighted by Gasteiger charge is -2.31. The first-order chi connectivity index (χ1) is 9.38. The first kappa shape index (κ1) is 15.8. The Morgan fingerprint density at radius 1 is 1.30 bits per heavy atom. The number of benzene rings is 1. The van der Waals surface area contributed by atoms with Crippen molar-refractivity contribution in [3.63, 3.8) is 0 Å². The van der Waals surface area contributed by atoms with E-state index in [2.05, 4.69) is 12.2 Å². The average molecular weight is 316 g/mol. The summed E-state index contributed by atoms with van der Waals surface area (Å²) in [6.07, 6.45) is 4.83. The Balaban J connectivity index is 2.01. The predicted octanol–water partition coefficient (Wildman–Crippen LogP) is 3.35. The fourth-order valence-electron chi connectivity index (χ4n) is 2.95. The van der Waals surface area contributed by atoms with Gasteiger partial charge in [0.2, 0.25) is 0 Å². The quantitative estimate of drug-likeness (QED) is 0.927. The highest BCUT2D eigenvalue weighted by Crippen LogP contribution is 2.28. The van der Waals surface area contributed by atoms with E-state index in [-0.39, 0.29) is 17.3 Å². The third-order valence-electron chi connectivity index (χ3n) is 4.09. The monoisotopic (exact) mass is 315 g/mol. The van der Waals surface area contributed by atoms with E-state index in [0.29, 0.717) is 6.42 Å². The molecule has 1 aliphatic rings. The van der Waals surface area contributed by atoms with Gasteiger partial charge in [0.1, 0.15) is 9.84 Å². The Kier molecular flexibility index (Phi) is 5.10. The molecule has 1 aromatic rings. The summed E-state index contributed by atoms with van der Waals surface area (Å²) in [6.45, 7) is 2.07. The van der Waals surface area contributed by atoms with Crippen molar-refractivity contribution in [2.24, 2.45) is 0 Å². The van der Waals surface area contributed by atoms with E-state index in [0.717, 1.165) is 29.8 Å². The van der Waals surface area contributed by atoms with Gasteiger partial charge in [0.25, 0.3) is 0 Å². The number of halogens is 1. The maximum Gasteiger partial charge on any atom is 0.150 e. The second-order valence-electron chi connectivity index (χ2n) is 5.72. The fourth-order valence-corrected chi connectivity index (χ4v) is 4.43. The standard InChI is InChI=1S/C15H22ClNO2S/c1-11(14-8-3-4-9-15(14)16)17-12-6-5-7-13(10-12)20(2,18)19/h3-4,8-9,11-13,17H,5-7,10H2,1-2H3/t11-,12?,13?/m0/s1. The normalized spacial score (nSPS) is 25.4. The molecule has 1 saturated carbocycles. The molecule has 0 heterocycles. The van der Waals surface area contributed by atoms with Crippen molar-refractivity contribution in [3.8, 4) is 0 Å². The molecule has 0 radical (unpaired) electrons. The molecule has 1 fully saturated rings. The van der Waals surface area contributed by atoms with E-state index in [4.69, 9.17) is 11.6 Å². The van der Waals surface area contributed by atoms with Crippen LogP contribution in [0.25, 0.3) is 0 Å². The summed E-state index contributed by atoms with van der Waals surface area (Å²) < 4.78 is 23.4. The molecule has 3 atom stereocenters. The second-order valence-corrected chi connectivity index (χ2v) is 8.46. The second kappa shape index (κ2) is 6.46. The smallest absolute Gasteiger partial charge is 0.150 e. The molecule has 112 valence electrons. The summed E-state index contributed by atoms with van der Waals surface area (Å²) in [5, 5.41) is 4.08. The molecule has 3 nitrogen and oxygen atoms in total. The Morgan fingerprint density at radius 3 is 2.65 bits per heavy atom. The predicted molar refractivity (Wildman–Crippen MR) is 83.9 cm³/mol. The number of nitrogens with one attached hydrogen (secondary N) is 1. The summed E-state index contributed by atoms with van der Waals surface area (Å²) in [6, 6.07) is 8.16. The van der Waals surface area contributed by atoms with E-state index in [9.17, 15) is 8.42 Å². The van der Waals surface area contributed by atoms with Crippen LogP contribution in [0.15, 0.2) is 24.3 Å². The average Bonchev–Trinajstić information content (AvgIpc) is 2.38. The largest absolute Gasteiger partial charge is 0.307 e. The molecule has 1 aromatic carbocycles. The topological polar surface area (TPSA) is 46.2 Å². The molecule has 0 bridgehead atoms. The summed E-state index contributed by atoms with van der Waals surface area (Å²) in [5.74, 6) is 0. The molecule has 0 saturated heterocycles. The maximum atomic E-state index is 11.7. The summed E-state index contributed by atoms with van der Waals surface area (Å²) in [4.78, 5) is 0. The van der Waals surface area contributed by atoms with Crippen molar-refractivity contribution in [1.82, 2.24) is 5.32 Å². The lowest BCUT2D eigenvalue weighted by atomic mass is 9.93. The zero-order valence-electron chi connectivity index (χ0n) is 12.0. The van der Waals surface area contributed by atoms with Crippen LogP contribution < -0.4 is 5.32 Å². The highest BCUT2D eigenvalue weighted by molar-refractivity contribution is 7.91. The summed E-state index contributed by atoms with van der Waals surface area (Å²) in [7, 11) is -2.93. The molecular weight excluding hydrogens is 294 g/mol. The van der Waals surface area contributed by atoms with Crippen molar-refractivity contribution in [1.29, 1.82) is 0 Å². The molecule has 20 heavy (non-hydrogen) atoms. The van der Waals surface area contributed by atoms with Crippen LogP contribution in [-0.4, -0.2) is 26.0 Å². The van der Waals surface area contributed by atoms with Crippen molar-refractivity contribution in [3.05, 3.63) is 34.9 Å². The number of rotatable bonds is 4. The molecule has 2 unspecified atom stereocenters. The van der Waals surface area contributed by atoms with Crippen molar-refractivity contribution < 1.29 is 8.42 Å². The third-order valence-corrected chi connectivity index (χ3v) is 6.07.